The molecule has 0 radical (unpaired) electrons. The van der Waals surface area contributed by atoms with Crippen LogP contribution >= 0.6 is 0 Å². The molecule has 3 rings (SSSR count). The first kappa shape index (κ1) is 13.8. The third-order valence-corrected chi connectivity index (χ3v) is 3.53. The fraction of sp³-hybridized carbons (Fsp3) is 0.400. The summed E-state index contributed by atoms with van der Waals surface area (Å²) in [6, 6.07) is 3.66. The second kappa shape index (κ2) is 6.05. The molecule has 0 aliphatic heterocycles. The zero-order valence-electron chi connectivity index (χ0n) is 12.0. The van der Waals surface area contributed by atoms with Gasteiger partial charge in [0.25, 0.3) is 0 Å². The fourth-order valence-electron chi connectivity index (χ4n) is 2.19. The maximum Gasteiger partial charge on any atom is 0.238 e. The van der Waals surface area contributed by atoms with Gasteiger partial charge >= 0.3 is 0 Å². The number of nitrogens with one attached hydrogen (secondary N) is 2. The highest BCUT2D eigenvalue weighted by Crippen LogP contribution is 2.27. The molecule has 0 bridgehead atoms. The molecule has 0 unspecified atom stereocenters. The smallest absolute Gasteiger partial charge is 0.238 e. The standard InChI is InChI=1S/C15H19N5O/c1-11-17-7-8-20(11)15-13(3-2-6-18-15)19-14(21)10-16-9-12-4-5-12/h2-3,6-8,12,16H,4-5,9-10H2,1H3,(H,19,21). The maximum atomic E-state index is 12.0. The van der Waals surface area contributed by atoms with Crippen LogP contribution in [0.2, 0.25) is 0 Å². The Balaban J connectivity index is 1.67. The van der Waals surface area contributed by atoms with Gasteiger partial charge in [0, 0.05) is 18.6 Å². The van der Waals surface area contributed by atoms with Gasteiger partial charge in [0.05, 0.1) is 12.2 Å². The summed E-state index contributed by atoms with van der Waals surface area (Å²) in [6.07, 6.45) is 7.81. The van der Waals surface area contributed by atoms with E-state index in [-0.39, 0.29) is 5.91 Å². The third kappa shape index (κ3) is 3.46. The average Bonchev–Trinajstić information content (AvgIpc) is 3.20. The van der Waals surface area contributed by atoms with E-state index >= 15 is 0 Å². The molecule has 1 saturated carbocycles. The third-order valence-electron chi connectivity index (χ3n) is 3.53. The summed E-state index contributed by atoms with van der Waals surface area (Å²) in [7, 11) is 0. The number of carbonyl (C=O) groups excluding carboxylic acids is 1. The van der Waals surface area contributed by atoms with Gasteiger partial charge in [-0.05, 0) is 44.4 Å². The molecule has 6 nitrogen and oxygen atoms in total. The van der Waals surface area contributed by atoms with E-state index in [4.69, 9.17) is 0 Å². The van der Waals surface area contributed by atoms with E-state index in [9.17, 15) is 4.79 Å². The van der Waals surface area contributed by atoms with Gasteiger partial charge in [-0.3, -0.25) is 9.36 Å². The molecular weight excluding hydrogens is 266 g/mol. The van der Waals surface area contributed by atoms with Gasteiger partial charge in [-0.1, -0.05) is 0 Å². The SMILES string of the molecule is Cc1nccn1-c1ncccc1NC(=O)CNCC1CC1. The minimum atomic E-state index is -0.0531. The van der Waals surface area contributed by atoms with Crippen molar-refractivity contribution in [1.29, 1.82) is 0 Å². The van der Waals surface area contributed by atoms with Crippen molar-refractivity contribution in [3.05, 3.63) is 36.5 Å². The van der Waals surface area contributed by atoms with Crippen molar-refractivity contribution >= 4 is 11.6 Å². The lowest BCUT2D eigenvalue weighted by molar-refractivity contribution is -0.115. The number of hydrogen-bond donors (Lipinski definition) is 2. The number of rotatable bonds is 6. The van der Waals surface area contributed by atoms with Gasteiger partial charge in [-0.25, -0.2) is 9.97 Å². The highest BCUT2D eigenvalue weighted by molar-refractivity contribution is 5.93. The molecule has 0 spiro atoms. The second-order valence-electron chi connectivity index (χ2n) is 5.34. The summed E-state index contributed by atoms with van der Waals surface area (Å²) >= 11 is 0. The predicted molar refractivity (Wildman–Crippen MR) is 80.3 cm³/mol. The zero-order valence-corrected chi connectivity index (χ0v) is 12.0. The van der Waals surface area contributed by atoms with Crippen LogP contribution in [0.25, 0.3) is 5.82 Å². The first-order valence-corrected chi connectivity index (χ1v) is 7.20. The Hall–Kier alpha value is -2.21. The molecule has 2 heterocycles. The van der Waals surface area contributed by atoms with Gasteiger partial charge in [-0.2, -0.15) is 0 Å². The van der Waals surface area contributed by atoms with Gasteiger partial charge in [0.1, 0.15) is 5.82 Å². The summed E-state index contributed by atoms with van der Waals surface area (Å²) in [6.45, 7) is 3.15. The largest absolute Gasteiger partial charge is 0.322 e. The lowest BCUT2D eigenvalue weighted by Crippen LogP contribution is -2.29. The molecule has 110 valence electrons. The Morgan fingerprint density at radius 1 is 1.38 bits per heavy atom. The number of aryl methyl sites for hydroxylation is 1. The van der Waals surface area contributed by atoms with Crippen LogP contribution < -0.4 is 10.6 Å². The van der Waals surface area contributed by atoms with E-state index in [1.54, 1.807) is 12.4 Å². The molecule has 0 atom stereocenters. The molecule has 1 aliphatic carbocycles. The molecule has 1 amide bonds. The van der Waals surface area contributed by atoms with Crippen LogP contribution in [0.3, 0.4) is 0 Å². The molecule has 0 aromatic carbocycles. The number of aromatic nitrogens is 3. The number of imidazole rings is 1. The van der Waals surface area contributed by atoms with Crippen molar-refractivity contribution in [2.45, 2.75) is 19.8 Å². The summed E-state index contributed by atoms with van der Waals surface area (Å²) < 4.78 is 1.85. The lowest BCUT2D eigenvalue weighted by Gasteiger charge is -2.12. The van der Waals surface area contributed by atoms with Crippen molar-refractivity contribution in [2.24, 2.45) is 5.92 Å². The summed E-state index contributed by atoms with van der Waals surface area (Å²) in [5.74, 6) is 2.22. The van der Waals surface area contributed by atoms with Gasteiger partial charge in [0.2, 0.25) is 5.91 Å². The molecule has 0 saturated heterocycles. The molecule has 1 aliphatic rings. The van der Waals surface area contributed by atoms with Gasteiger partial charge in [-0.15, -0.1) is 0 Å². The van der Waals surface area contributed by atoms with Crippen LogP contribution in [0.4, 0.5) is 5.69 Å². The number of amides is 1. The summed E-state index contributed by atoms with van der Waals surface area (Å²) in [4.78, 5) is 20.5. The Morgan fingerprint density at radius 3 is 2.95 bits per heavy atom. The first-order chi connectivity index (χ1) is 10.2. The normalized spacial score (nSPS) is 14.1. The van der Waals surface area contributed by atoms with Crippen LogP contribution in [0, 0.1) is 12.8 Å². The highest BCUT2D eigenvalue weighted by atomic mass is 16.1. The predicted octanol–water partition coefficient (Wildman–Crippen LogP) is 1.51. The van der Waals surface area contributed by atoms with E-state index in [1.165, 1.54) is 12.8 Å². The average molecular weight is 285 g/mol. The summed E-state index contributed by atoms with van der Waals surface area (Å²) in [5, 5.41) is 6.09. The Bertz CT molecular complexity index is 632. The van der Waals surface area contributed by atoms with E-state index in [2.05, 4.69) is 20.6 Å². The Labute approximate surface area is 123 Å². The Morgan fingerprint density at radius 2 is 2.24 bits per heavy atom. The van der Waals surface area contributed by atoms with Crippen molar-refractivity contribution in [3.8, 4) is 5.82 Å². The van der Waals surface area contributed by atoms with Crippen molar-refractivity contribution in [2.75, 3.05) is 18.4 Å². The molecule has 2 aromatic heterocycles. The van der Waals surface area contributed by atoms with Gasteiger partial charge in [0.15, 0.2) is 5.82 Å². The van der Waals surface area contributed by atoms with Crippen molar-refractivity contribution in [3.63, 3.8) is 0 Å². The highest BCUT2D eigenvalue weighted by Gasteiger charge is 2.20. The zero-order chi connectivity index (χ0) is 14.7. The molecule has 1 fully saturated rings. The Kier molecular flexibility index (Phi) is 3.96. The number of pyridine rings is 1. The number of carbonyl (C=O) groups is 1. The van der Waals surface area contributed by atoms with Crippen LogP contribution in [0.5, 0.6) is 0 Å². The quantitative estimate of drug-likeness (QED) is 0.844. The molecule has 2 N–H and O–H groups in total. The topological polar surface area (TPSA) is 71.8 Å². The number of hydrogen-bond acceptors (Lipinski definition) is 4. The first-order valence-electron chi connectivity index (χ1n) is 7.20. The minimum Gasteiger partial charge on any atom is -0.322 e. The monoisotopic (exact) mass is 285 g/mol. The number of nitrogens with zero attached hydrogens (tertiary/aromatic N) is 3. The summed E-state index contributed by atoms with van der Waals surface area (Å²) in [5.41, 5.74) is 0.692. The van der Waals surface area contributed by atoms with E-state index in [0.29, 0.717) is 18.1 Å². The van der Waals surface area contributed by atoms with E-state index in [0.717, 1.165) is 18.3 Å². The number of anilines is 1. The molecule has 6 heteroatoms. The van der Waals surface area contributed by atoms with Crippen LogP contribution in [0.1, 0.15) is 18.7 Å². The molecule has 21 heavy (non-hydrogen) atoms. The van der Waals surface area contributed by atoms with Crippen LogP contribution in [-0.2, 0) is 4.79 Å². The lowest BCUT2D eigenvalue weighted by atomic mass is 10.3. The molecular formula is C15H19N5O. The van der Waals surface area contributed by atoms with Crippen molar-refractivity contribution in [1.82, 2.24) is 19.9 Å². The van der Waals surface area contributed by atoms with E-state index < -0.39 is 0 Å². The van der Waals surface area contributed by atoms with Crippen LogP contribution in [0.15, 0.2) is 30.7 Å². The van der Waals surface area contributed by atoms with Gasteiger partial charge < -0.3 is 10.6 Å². The minimum absolute atomic E-state index is 0.0531. The van der Waals surface area contributed by atoms with E-state index in [1.807, 2.05) is 29.8 Å². The molecule has 2 aromatic rings. The van der Waals surface area contributed by atoms with Crippen molar-refractivity contribution < 1.29 is 4.79 Å². The maximum absolute atomic E-state index is 12.0. The fourth-order valence-corrected chi connectivity index (χ4v) is 2.19. The van der Waals surface area contributed by atoms with Crippen LogP contribution in [-0.4, -0.2) is 33.5 Å². The second-order valence-corrected chi connectivity index (χ2v) is 5.34.